The highest BCUT2D eigenvalue weighted by atomic mass is 35.5. The molecule has 1 aromatic heterocycles. The minimum atomic E-state index is 0.682. The van der Waals surface area contributed by atoms with Crippen molar-refractivity contribution in [1.82, 2.24) is 9.78 Å². The SMILES string of the molecule is Cn1nc(CSc2ccc(Cl)cc2)c(CSc2cccc(Cl)c2)c1Cl. The molecule has 0 N–H and O–H groups in total. The van der Waals surface area contributed by atoms with Crippen LogP contribution in [0.5, 0.6) is 0 Å². The highest BCUT2D eigenvalue weighted by Crippen LogP contribution is 2.33. The summed E-state index contributed by atoms with van der Waals surface area (Å²) in [6.45, 7) is 0. The van der Waals surface area contributed by atoms with E-state index in [0.29, 0.717) is 5.15 Å². The molecule has 0 saturated carbocycles. The Morgan fingerprint density at radius 3 is 2.32 bits per heavy atom. The van der Waals surface area contributed by atoms with Crippen molar-refractivity contribution >= 4 is 58.3 Å². The number of hydrogen-bond acceptors (Lipinski definition) is 3. The van der Waals surface area contributed by atoms with Crippen molar-refractivity contribution in [3.63, 3.8) is 0 Å². The normalized spacial score (nSPS) is 11.0. The van der Waals surface area contributed by atoms with Gasteiger partial charge in [-0.2, -0.15) is 5.10 Å². The minimum absolute atomic E-state index is 0.682. The van der Waals surface area contributed by atoms with Crippen molar-refractivity contribution in [3.8, 4) is 0 Å². The van der Waals surface area contributed by atoms with Crippen LogP contribution >= 0.6 is 58.3 Å². The third-order valence-electron chi connectivity index (χ3n) is 3.52. The maximum Gasteiger partial charge on any atom is 0.131 e. The summed E-state index contributed by atoms with van der Waals surface area (Å²) in [5.74, 6) is 1.51. The van der Waals surface area contributed by atoms with Gasteiger partial charge in [-0.15, -0.1) is 23.5 Å². The Bertz CT molecular complexity index is 863. The molecule has 1 heterocycles. The van der Waals surface area contributed by atoms with Crippen LogP contribution in [0.15, 0.2) is 58.3 Å². The fraction of sp³-hybridized carbons (Fsp3) is 0.167. The number of aromatic nitrogens is 2. The summed E-state index contributed by atoms with van der Waals surface area (Å²) in [6.07, 6.45) is 0. The zero-order chi connectivity index (χ0) is 17.8. The summed E-state index contributed by atoms with van der Waals surface area (Å²) in [4.78, 5) is 2.27. The Morgan fingerprint density at radius 2 is 1.60 bits per heavy atom. The second kappa shape index (κ2) is 8.74. The van der Waals surface area contributed by atoms with E-state index >= 15 is 0 Å². The summed E-state index contributed by atoms with van der Waals surface area (Å²) in [7, 11) is 1.87. The molecule has 0 atom stereocenters. The summed E-state index contributed by atoms with van der Waals surface area (Å²) in [6, 6.07) is 15.6. The third-order valence-corrected chi connectivity index (χ3v) is 6.52. The van der Waals surface area contributed by atoms with Crippen LogP contribution in [0.1, 0.15) is 11.3 Å². The zero-order valence-electron chi connectivity index (χ0n) is 13.4. The van der Waals surface area contributed by atoms with E-state index in [9.17, 15) is 0 Å². The van der Waals surface area contributed by atoms with Crippen LogP contribution < -0.4 is 0 Å². The van der Waals surface area contributed by atoms with E-state index in [1.165, 1.54) is 0 Å². The molecule has 0 saturated heterocycles. The lowest BCUT2D eigenvalue weighted by atomic mass is 10.3. The van der Waals surface area contributed by atoms with Crippen LogP contribution in [0.2, 0.25) is 15.2 Å². The van der Waals surface area contributed by atoms with E-state index in [1.54, 1.807) is 28.2 Å². The molecule has 0 aliphatic carbocycles. The lowest BCUT2D eigenvalue weighted by Gasteiger charge is -2.05. The smallest absolute Gasteiger partial charge is 0.131 e. The van der Waals surface area contributed by atoms with Gasteiger partial charge in [-0.25, -0.2) is 0 Å². The molecule has 25 heavy (non-hydrogen) atoms. The molecule has 0 aliphatic rings. The van der Waals surface area contributed by atoms with E-state index in [2.05, 4.69) is 5.10 Å². The Balaban J connectivity index is 1.71. The molecule has 2 nitrogen and oxygen atoms in total. The number of aryl methyl sites for hydroxylation is 1. The molecule has 130 valence electrons. The van der Waals surface area contributed by atoms with Crippen molar-refractivity contribution in [2.24, 2.45) is 7.05 Å². The number of benzene rings is 2. The summed E-state index contributed by atoms with van der Waals surface area (Å²) >= 11 is 21.9. The molecule has 0 amide bonds. The summed E-state index contributed by atoms with van der Waals surface area (Å²) in [5, 5.41) is 6.73. The van der Waals surface area contributed by atoms with Crippen LogP contribution in [0.25, 0.3) is 0 Å². The molecule has 2 aromatic carbocycles. The Kier molecular flexibility index (Phi) is 6.64. The first kappa shape index (κ1) is 19.0. The Hall–Kier alpha value is -0.780. The molecule has 0 fully saturated rings. The van der Waals surface area contributed by atoms with E-state index in [1.807, 2.05) is 55.6 Å². The van der Waals surface area contributed by atoms with E-state index < -0.39 is 0 Å². The van der Waals surface area contributed by atoms with Gasteiger partial charge in [0.15, 0.2) is 0 Å². The lowest BCUT2D eigenvalue weighted by Crippen LogP contribution is -1.91. The average molecular weight is 430 g/mol. The number of rotatable bonds is 6. The van der Waals surface area contributed by atoms with Gasteiger partial charge >= 0.3 is 0 Å². The van der Waals surface area contributed by atoms with Crippen LogP contribution in [-0.4, -0.2) is 9.78 Å². The molecule has 3 aromatic rings. The maximum atomic E-state index is 6.45. The summed E-state index contributed by atoms with van der Waals surface area (Å²) in [5.41, 5.74) is 2.07. The Labute approximate surface area is 170 Å². The van der Waals surface area contributed by atoms with Crippen LogP contribution in [-0.2, 0) is 18.6 Å². The van der Waals surface area contributed by atoms with Gasteiger partial charge in [-0.05, 0) is 42.5 Å². The van der Waals surface area contributed by atoms with Gasteiger partial charge in [0.25, 0.3) is 0 Å². The Morgan fingerprint density at radius 1 is 0.880 bits per heavy atom. The average Bonchev–Trinajstić information content (AvgIpc) is 2.87. The molecular formula is C18H15Cl3N2S2. The van der Waals surface area contributed by atoms with Gasteiger partial charge in [0.1, 0.15) is 5.15 Å². The second-order valence-corrected chi connectivity index (χ2v) is 8.66. The number of halogens is 3. The monoisotopic (exact) mass is 428 g/mol. The van der Waals surface area contributed by atoms with E-state index in [0.717, 1.165) is 42.6 Å². The number of thioether (sulfide) groups is 2. The molecule has 0 bridgehead atoms. The van der Waals surface area contributed by atoms with Gasteiger partial charge < -0.3 is 0 Å². The first-order valence-electron chi connectivity index (χ1n) is 7.50. The molecule has 0 spiro atoms. The number of hydrogen-bond donors (Lipinski definition) is 0. The van der Waals surface area contributed by atoms with Gasteiger partial charge in [0, 0.05) is 44.0 Å². The molecule has 3 rings (SSSR count). The van der Waals surface area contributed by atoms with Crippen LogP contribution in [0, 0.1) is 0 Å². The topological polar surface area (TPSA) is 17.8 Å². The highest BCUT2D eigenvalue weighted by Gasteiger charge is 2.15. The van der Waals surface area contributed by atoms with E-state index in [-0.39, 0.29) is 0 Å². The first-order valence-corrected chi connectivity index (χ1v) is 10.6. The van der Waals surface area contributed by atoms with Crippen molar-refractivity contribution in [1.29, 1.82) is 0 Å². The standard InChI is InChI=1S/C18H15Cl3N2S2/c1-23-18(21)16(10-24-15-4-2-3-13(20)9-15)17(22-23)11-25-14-7-5-12(19)6-8-14/h2-9H,10-11H2,1H3. The molecule has 0 unspecified atom stereocenters. The van der Waals surface area contributed by atoms with Crippen molar-refractivity contribution < 1.29 is 0 Å². The largest absolute Gasteiger partial charge is 0.256 e. The quantitative estimate of drug-likeness (QED) is 0.394. The second-order valence-electron chi connectivity index (χ2n) is 5.33. The van der Waals surface area contributed by atoms with Crippen LogP contribution in [0.4, 0.5) is 0 Å². The van der Waals surface area contributed by atoms with Gasteiger partial charge in [0.05, 0.1) is 5.69 Å². The van der Waals surface area contributed by atoms with Gasteiger partial charge in [-0.1, -0.05) is 40.9 Å². The minimum Gasteiger partial charge on any atom is -0.256 e. The van der Waals surface area contributed by atoms with Crippen molar-refractivity contribution in [3.05, 3.63) is 75.0 Å². The van der Waals surface area contributed by atoms with Gasteiger partial charge in [-0.3, -0.25) is 4.68 Å². The van der Waals surface area contributed by atoms with Crippen LogP contribution in [0.3, 0.4) is 0 Å². The summed E-state index contributed by atoms with van der Waals surface area (Å²) < 4.78 is 1.73. The molecular weight excluding hydrogens is 415 g/mol. The number of nitrogens with zero attached hydrogens (tertiary/aromatic N) is 2. The first-order chi connectivity index (χ1) is 12.0. The maximum absolute atomic E-state index is 6.45. The molecule has 0 radical (unpaired) electrons. The predicted molar refractivity (Wildman–Crippen MR) is 110 cm³/mol. The fourth-order valence-electron chi connectivity index (χ4n) is 2.25. The lowest BCUT2D eigenvalue weighted by molar-refractivity contribution is 0.755. The molecule has 0 aliphatic heterocycles. The highest BCUT2D eigenvalue weighted by molar-refractivity contribution is 7.99. The molecule has 7 heteroatoms. The zero-order valence-corrected chi connectivity index (χ0v) is 17.3. The van der Waals surface area contributed by atoms with Gasteiger partial charge in [0.2, 0.25) is 0 Å². The van der Waals surface area contributed by atoms with E-state index in [4.69, 9.17) is 34.8 Å². The van der Waals surface area contributed by atoms with Crippen molar-refractivity contribution in [2.75, 3.05) is 0 Å². The predicted octanol–water partition coefficient (Wildman–Crippen LogP) is 6.96. The fourth-order valence-corrected chi connectivity index (χ4v) is 4.79. The van der Waals surface area contributed by atoms with Crippen molar-refractivity contribution in [2.45, 2.75) is 21.3 Å². The third kappa shape index (κ3) is 5.11.